The van der Waals surface area contributed by atoms with Crippen molar-refractivity contribution in [2.24, 2.45) is 5.92 Å². The van der Waals surface area contributed by atoms with Crippen LogP contribution >= 0.6 is 11.6 Å². The zero-order valence-electron chi connectivity index (χ0n) is 19.5. The molecule has 0 saturated heterocycles. The average molecular weight is 492 g/mol. The third kappa shape index (κ3) is 5.46. The largest absolute Gasteiger partial charge is 0.413 e. The van der Waals surface area contributed by atoms with Gasteiger partial charge in [-0.25, -0.2) is 4.79 Å². The fourth-order valence-corrected chi connectivity index (χ4v) is 4.02. The summed E-state index contributed by atoms with van der Waals surface area (Å²) in [5.74, 6) is -0.543. The molecule has 35 heavy (non-hydrogen) atoms. The maximum absolute atomic E-state index is 13.9. The lowest BCUT2D eigenvalue weighted by Gasteiger charge is -2.26. The molecule has 0 fully saturated rings. The van der Waals surface area contributed by atoms with Crippen LogP contribution in [0.3, 0.4) is 0 Å². The van der Waals surface area contributed by atoms with Crippen LogP contribution < -0.4 is 19.9 Å². The summed E-state index contributed by atoms with van der Waals surface area (Å²) in [5, 5.41) is 2.93. The fraction of sp³-hybridized carbons (Fsp3) is 0.222. The maximum atomic E-state index is 13.9. The third-order valence-corrected chi connectivity index (χ3v) is 5.84. The van der Waals surface area contributed by atoms with E-state index >= 15 is 0 Å². The van der Waals surface area contributed by atoms with Gasteiger partial charge in [0.15, 0.2) is 6.04 Å². The van der Waals surface area contributed by atoms with Crippen molar-refractivity contribution in [1.29, 1.82) is 0 Å². The predicted molar refractivity (Wildman–Crippen MR) is 136 cm³/mol. The van der Waals surface area contributed by atoms with Crippen LogP contribution in [0, 0.1) is 5.92 Å². The number of para-hydroxylation sites is 2. The summed E-state index contributed by atoms with van der Waals surface area (Å²) in [6, 6.07) is 21.0. The van der Waals surface area contributed by atoms with Crippen molar-refractivity contribution in [3.8, 4) is 5.75 Å². The van der Waals surface area contributed by atoms with Crippen molar-refractivity contribution in [3.05, 3.63) is 83.9 Å². The van der Waals surface area contributed by atoms with Crippen LogP contribution in [0.15, 0.2) is 78.9 Å². The number of nitrogens with zero attached hydrogens (tertiary/aromatic N) is 2. The number of fused-ring (bicyclic) bond motifs is 1. The fourth-order valence-electron chi connectivity index (χ4n) is 3.86. The Hall–Kier alpha value is -3.84. The van der Waals surface area contributed by atoms with E-state index in [0.717, 1.165) is 0 Å². The van der Waals surface area contributed by atoms with E-state index < -0.39 is 23.9 Å². The minimum Gasteiger partial charge on any atom is -0.410 e. The van der Waals surface area contributed by atoms with Crippen LogP contribution in [0.4, 0.5) is 21.9 Å². The Balaban J connectivity index is 1.77. The molecule has 1 N–H and O–H groups in total. The molecule has 1 heterocycles. The van der Waals surface area contributed by atoms with E-state index in [9.17, 15) is 14.4 Å². The zero-order valence-corrected chi connectivity index (χ0v) is 20.2. The molecule has 3 aromatic carbocycles. The highest BCUT2D eigenvalue weighted by atomic mass is 35.5. The van der Waals surface area contributed by atoms with Crippen molar-refractivity contribution in [2.75, 3.05) is 16.3 Å². The molecule has 0 bridgehead atoms. The molecular formula is C27H26ClN3O4. The monoisotopic (exact) mass is 491 g/mol. The zero-order chi connectivity index (χ0) is 24.9. The van der Waals surface area contributed by atoms with Crippen molar-refractivity contribution in [1.82, 2.24) is 5.32 Å². The molecule has 8 heteroatoms. The second-order valence-electron chi connectivity index (χ2n) is 8.59. The molecule has 0 aliphatic carbocycles. The van der Waals surface area contributed by atoms with E-state index in [4.69, 9.17) is 16.3 Å². The second-order valence-corrected chi connectivity index (χ2v) is 9.03. The van der Waals surface area contributed by atoms with Gasteiger partial charge in [-0.15, -0.1) is 0 Å². The van der Waals surface area contributed by atoms with E-state index in [0.29, 0.717) is 46.7 Å². The highest BCUT2D eigenvalue weighted by Gasteiger charge is 2.42. The molecule has 1 aliphatic rings. The van der Waals surface area contributed by atoms with Gasteiger partial charge in [0, 0.05) is 17.3 Å². The van der Waals surface area contributed by atoms with Gasteiger partial charge < -0.3 is 15.0 Å². The van der Waals surface area contributed by atoms with Crippen LogP contribution in [0.1, 0.15) is 20.3 Å². The number of benzene rings is 3. The van der Waals surface area contributed by atoms with Gasteiger partial charge in [0.05, 0.1) is 11.4 Å². The first-order chi connectivity index (χ1) is 16.8. The summed E-state index contributed by atoms with van der Waals surface area (Å²) < 4.78 is 5.31. The second kappa shape index (κ2) is 10.6. The van der Waals surface area contributed by atoms with E-state index in [-0.39, 0.29) is 0 Å². The van der Waals surface area contributed by atoms with Crippen LogP contribution in [0.2, 0.25) is 5.02 Å². The molecule has 1 aliphatic heterocycles. The Kier molecular flexibility index (Phi) is 7.36. The van der Waals surface area contributed by atoms with Crippen molar-refractivity contribution in [3.63, 3.8) is 0 Å². The van der Waals surface area contributed by atoms with E-state index in [1.54, 1.807) is 72.8 Å². The van der Waals surface area contributed by atoms with Gasteiger partial charge in [0.2, 0.25) is 0 Å². The third-order valence-electron chi connectivity index (χ3n) is 5.61. The topological polar surface area (TPSA) is 79.0 Å². The minimum atomic E-state index is -1.50. The van der Waals surface area contributed by atoms with Gasteiger partial charge in [-0.2, -0.15) is 0 Å². The summed E-state index contributed by atoms with van der Waals surface area (Å²) in [4.78, 5) is 43.3. The van der Waals surface area contributed by atoms with Crippen LogP contribution in [-0.4, -0.2) is 30.5 Å². The predicted octanol–water partition coefficient (Wildman–Crippen LogP) is 5.55. The lowest BCUT2D eigenvalue weighted by Crippen LogP contribution is -2.55. The molecule has 7 nitrogen and oxygen atoms in total. The number of carbonyl (C=O) groups is 3. The first kappa shape index (κ1) is 24.3. The number of halogens is 1. The number of carbonyl (C=O) groups excluding carboxylic acids is 3. The lowest BCUT2D eigenvalue weighted by molar-refractivity contribution is -0.128. The maximum Gasteiger partial charge on any atom is 0.413 e. The van der Waals surface area contributed by atoms with Crippen LogP contribution in [0.25, 0.3) is 0 Å². The summed E-state index contributed by atoms with van der Waals surface area (Å²) in [5.41, 5.74) is 1.56. The molecule has 1 atom stereocenters. The number of anilines is 3. The van der Waals surface area contributed by atoms with E-state index in [1.165, 1.54) is 9.80 Å². The smallest absolute Gasteiger partial charge is 0.410 e. The number of ether oxygens (including phenoxy) is 1. The molecule has 180 valence electrons. The Morgan fingerprint density at radius 3 is 2.26 bits per heavy atom. The van der Waals surface area contributed by atoms with Gasteiger partial charge in [-0.3, -0.25) is 14.5 Å². The van der Waals surface area contributed by atoms with Gasteiger partial charge in [0.25, 0.3) is 11.8 Å². The van der Waals surface area contributed by atoms with Crippen molar-refractivity contribution >= 4 is 46.6 Å². The molecule has 3 aromatic rings. The Morgan fingerprint density at radius 1 is 0.943 bits per heavy atom. The summed E-state index contributed by atoms with van der Waals surface area (Å²) in [6.07, 6.45) is -0.206. The number of hydrogen-bond donors (Lipinski definition) is 1. The quantitative estimate of drug-likeness (QED) is 0.458. The van der Waals surface area contributed by atoms with Gasteiger partial charge >= 0.3 is 6.09 Å². The van der Waals surface area contributed by atoms with Gasteiger partial charge in [-0.05, 0) is 54.8 Å². The number of hydrogen-bond acceptors (Lipinski definition) is 4. The standard InChI is InChI=1S/C27H26ClN3O4/c1-18(2)15-16-30-23-17-19(28)13-14-22(23)31(20-9-5-3-6-10-20)26(33)24(25(30)32)29-27(34)35-21-11-7-4-8-12-21/h3-14,17-18,24H,15-16H2,1-2H3,(H,29,34)/t24-/m1/s1. The molecule has 0 unspecified atom stereocenters. The molecule has 4 rings (SSSR count). The van der Waals surface area contributed by atoms with Crippen LogP contribution in [0.5, 0.6) is 5.75 Å². The van der Waals surface area contributed by atoms with E-state index in [2.05, 4.69) is 19.2 Å². The van der Waals surface area contributed by atoms with Gasteiger partial charge in [0.1, 0.15) is 5.75 Å². The Bertz CT molecular complexity index is 1220. The minimum absolute atomic E-state index is 0.296. The summed E-state index contributed by atoms with van der Waals surface area (Å²) in [6.45, 7) is 4.46. The molecular weight excluding hydrogens is 466 g/mol. The summed E-state index contributed by atoms with van der Waals surface area (Å²) >= 11 is 6.32. The van der Waals surface area contributed by atoms with E-state index in [1.807, 2.05) is 6.07 Å². The first-order valence-electron chi connectivity index (χ1n) is 11.4. The molecule has 0 radical (unpaired) electrons. The Morgan fingerprint density at radius 2 is 1.60 bits per heavy atom. The lowest BCUT2D eigenvalue weighted by atomic mass is 10.1. The summed E-state index contributed by atoms with van der Waals surface area (Å²) in [7, 11) is 0. The normalized spacial score (nSPS) is 15.6. The SMILES string of the molecule is CC(C)CCN1C(=O)[C@@H](NC(=O)Oc2ccccc2)C(=O)N(c2ccccc2)c2ccc(Cl)cc21. The first-order valence-corrected chi connectivity index (χ1v) is 11.8. The molecule has 0 saturated carbocycles. The van der Waals surface area contributed by atoms with Crippen molar-refractivity contribution < 1.29 is 19.1 Å². The number of amides is 3. The number of nitrogens with one attached hydrogen (secondary N) is 1. The van der Waals surface area contributed by atoms with Gasteiger partial charge in [-0.1, -0.05) is 61.8 Å². The number of rotatable bonds is 6. The van der Waals surface area contributed by atoms with Crippen molar-refractivity contribution in [2.45, 2.75) is 26.3 Å². The molecule has 0 spiro atoms. The van der Waals surface area contributed by atoms with Crippen LogP contribution in [-0.2, 0) is 9.59 Å². The molecule has 0 aromatic heterocycles. The highest BCUT2D eigenvalue weighted by molar-refractivity contribution is 6.32. The average Bonchev–Trinajstić information content (AvgIpc) is 2.92. The molecule has 3 amide bonds. The highest BCUT2D eigenvalue weighted by Crippen LogP contribution is 2.39. The Labute approximate surface area is 209 Å².